The number of carbonyl (C=O) groups excluding carboxylic acids is 2. The predicted molar refractivity (Wildman–Crippen MR) is 80.2 cm³/mol. The third kappa shape index (κ3) is 5.08. The molecule has 2 heterocycles. The molecule has 1 aromatic carbocycles. The van der Waals surface area contributed by atoms with Gasteiger partial charge in [-0.05, 0) is 6.07 Å². The van der Waals surface area contributed by atoms with Crippen LogP contribution < -0.4 is 68.9 Å². The first-order valence-electron chi connectivity index (χ1n) is 6.56. The maximum Gasteiger partial charge on any atom is 1.00 e. The largest absolute Gasteiger partial charge is 1.00 e. The number of fused-ring (bicyclic) bond motifs is 1. The normalized spacial score (nSPS) is 11.2. The predicted octanol–water partition coefficient (Wildman–Crippen LogP) is -4.12. The minimum Gasteiger partial charge on any atom is -0.825 e. The molecule has 3 rings (SSSR count). The second kappa shape index (κ2) is 9.58. The van der Waals surface area contributed by atoms with Crippen LogP contribution >= 0.6 is 19.9 Å². The molecule has 2 aromatic heterocycles. The van der Waals surface area contributed by atoms with E-state index in [1.807, 2.05) is 0 Å². The van der Waals surface area contributed by atoms with E-state index in [2.05, 4.69) is 4.98 Å². The van der Waals surface area contributed by atoms with E-state index in [9.17, 15) is 32.5 Å². The van der Waals surface area contributed by atoms with Gasteiger partial charge in [0.05, 0.1) is 5.56 Å². The molecule has 0 spiro atoms. The zero-order valence-electron chi connectivity index (χ0n) is 14.0. The Hall–Kier alpha value is -0.130. The van der Waals surface area contributed by atoms with Crippen molar-refractivity contribution in [2.45, 2.75) is 6.18 Å². The van der Waals surface area contributed by atoms with Crippen LogP contribution in [0.5, 0.6) is 0 Å². The maximum absolute atomic E-state index is 12.5. The molecule has 0 radical (unpaired) electrons. The van der Waals surface area contributed by atoms with Crippen LogP contribution in [0.3, 0.4) is 0 Å². The number of nitrogens with zero attached hydrogens (tertiary/aromatic N) is 2. The van der Waals surface area contributed by atoms with Crippen LogP contribution in [-0.2, 0) is 0 Å². The molecule has 0 atom stereocenters. The van der Waals surface area contributed by atoms with E-state index in [-0.39, 0.29) is 75.2 Å². The van der Waals surface area contributed by atoms with Crippen LogP contribution in [0.15, 0.2) is 35.8 Å². The van der Waals surface area contributed by atoms with Gasteiger partial charge in [-0.3, -0.25) is 9.59 Å². The number of benzene rings is 1. The van der Waals surface area contributed by atoms with Crippen molar-refractivity contribution in [3.63, 3.8) is 0 Å². The van der Waals surface area contributed by atoms with E-state index in [1.165, 1.54) is 12.1 Å². The van der Waals surface area contributed by atoms with Crippen LogP contribution in [-0.4, -0.2) is 27.1 Å². The van der Waals surface area contributed by atoms with Crippen LogP contribution in [0.4, 0.5) is 13.2 Å². The van der Waals surface area contributed by atoms with Gasteiger partial charge in [-0.2, -0.15) is 21.7 Å². The molecule has 0 saturated heterocycles. The first-order chi connectivity index (χ1) is 11.7. The van der Waals surface area contributed by atoms with Gasteiger partial charge in [0, 0.05) is 22.5 Å². The second-order valence-electron chi connectivity index (χ2n) is 4.84. The number of hydrogen-bond acceptors (Lipinski definition) is 6. The molecule has 0 aliphatic carbocycles. The molecular formula is C14H6F3N2Na2O4PS. The van der Waals surface area contributed by atoms with Crippen LogP contribution in [0.2, 0.25) is 0 Å². The molecule has 0 aliphatic rings. The van der Waals surface area contributed by atoms with Crippen molar-refractivity contribution in [1.29, 1.82) is 0 Å². The van der Waals surface area contributed by atoms with Crippen LogP contribution in [0, 0.1) is 0 Å². The third-order valence-electron chi connectivity index (χ3n) is 3.30. The molecule has 130 valence electrons. The Morgan fingerprint density at radius 2 is 1.78 bits per heavy atom. The number of carbonyl (C=O) groups is 2. The fourth-order valence-electron chi connectivity index (χ4n) is 2.22. The van der Waals surface area contributed by atoms with Gasteiger partial charge in [0.15, 0.2) is 5.01 Å². The summed E-state index contributed by atoms with van der Waals surface area (Å²) in [6.07, 6.45) is -4.02. The number of para-hydroxylation sites is 1. The number of alkyl halides is 3. The Labute approximate surface area is 200 Å². The minimum atomic E-state index is -5.09. The van der Waals surface area contributed by atoms with Crippen LogP contribution in [0.25, 0.3) is 10.9 Å². The minimum absolute atomic E-state index is 0. The van der Waals surface area contributed by atoms with Gasteiger partial charge in [0.1, 0.15) is 5.69 Å². The summed E-state index contributed by atoms with van der Waals surface area (Å²) in [4.78, 5) is 49.7. The van der Waals surface area contributed by atoms with Crippen molar-refractivity contribution < 1.29 is 91.7 Å². The number of halogens is 3. The van der Waals surface area contributed by atoms with Gasteiger partial charge in [0.25, 0.3) is 5.78 Å². The SMILES string of the molecule is O=C(c1nc(C(=O)C(F)(F)F)cs1)c1cn(P([O-])[O-])c2ccccc12.[Na+].[Na+]. The van der Waals surface area contributed by atoms with Crippen molar-refractivity contribution in [3.8, 4) is 0 Å². The molecule has 0 unspecified atom stereocenters. The van der Waals surface area contributed by atoms with Gasteiger partial charge in [-0.1, -0.05) is 18.2 Å². The zero-order chi connectivity index (χ0) is 18.4. The molecule has 0 saturated carbocycles. The van der Waals surface area contributed by atoms with E-state index in [0.717, 1.165) is 15.9 Å². The zero-order valence-corrected chi connectivity index (χ0v) is 19.7. The smallest absolute Gasteiger partial charge is 0.825 e. The number of ketones is 2. The molecular weight excluding hydrogens is 426 g/mol. The summed E-state index contributed by atoms with van der Waals surface area (Å²) in [7, 11) is -3.04. The summed E-state index contributed by atoms with van der Waals surface area (Å²) >= 11 is 0.581. The van der Waals surface area contributed by atoms with Crippen molar-refractivity contribution in [2.24, 2.45) is 0 Å². The Kier molecular flexibility index (Phi) is 8.84. The molecule has 0 fully saturated rings. The van der Waals surface area contributed by atoms with E-state index >= 15 is 0 Å². The van der Waals surface area contributed by atoms with Crippen molar-refractivity contribution in [3.05, 3.63) is 52.1 Å². The fourth-order valence-corrected chi connectivity index (χ4v) is 3.53. The molecule has 0 aliphatic heterocycles. The molecule has 6 nitrogen and oxygen atoms in total. The summed E-state index contributed by atoms with van der Waals surface area (Å²) in [5.41, 5.74) is -0.653. The van der Waals surface area contributed by atoms with E-state index in [0.29, 0.717) is 16.7 Å². The van der Waals surface area contributed by atoms with E-state index in [4.69, 9.17) is 0 Å². The Balaban J connectivity index is 0.00000182. The quantitative estimate of drug-likeness (QED) is 0.237. The molecule has 13 heteroatoms. The fraction of sp³-hybridized carbons (Fsp3) is 0.0714. The number of aromatic nitrogens is 2. The first-order valence-corrected chi connectivity index (χ1v) is 8.57. The summed E-state index contributed by atoms with van der Waals surface area (Å²) in [6.45, 7) is 0. The molecule has 0 bridgehead atoms. The standard InChI is InChI=1S/C14H6F3N2O4PS.2Na/c15-14(16,17)12(21)9-6-25-13(18-9)11(20)8-5-19(24(22)23)10-4-2-1-3-7(8)10;;/h1-6H;;/q-2;2*+1. The average Bonchev–Trinajstić information content (AvgIpc) is 3.17. The molecule has 0 N–H and O–H groups in total. The number of rotatable bonds is 4. The third-order valence-corrected chi connectivity index (χ3v) is 4.83. The van der Waals surface area contributed by atoms with Crippen molar-refractivity contribution >= 4 is 42.3 Å². The number of Topliss-reactive ketones (excluding diaryl/α,β-unsaturated/α-hetero) is 1. The monoisotopic (exact) mass is 432 g/mol. The van der Waals surface area contributed by atoms with Gasteiger partial charge in [-0.25, -0.2) is 4.98 Å². The summed E-state index contributed by atoms with van der Waals surface area (Å²) in [5.74, 6) is -2.91. The van der Waals surface area contributed by atoms with E-state index < -0.39 is 32.0 Å². The second-order valence-corrected chi connectivity index (χ2v) is 6.60. The molecule has 0 amide bonds. The van der Waals surface area contributed by atoms with Gasteiger partial charge < -0.3 is 14.1 Å². The number of thiazole rings is 1. The first kappa shape index (κ1) is 24.9. The van der Waals surface area contributed by atoms with Gasteiger partial charge >= 0.3 is 65.3 Å². The maximum atomic E-state index is 12.5. The van der Waals surface area contributed by atoms with Crippen LogP contribution in [0.1, 0.15) is 25.9 Å². The van der Waals surface area contributed by atoms with Crippen molar-refractivity contribution in [2.75, 3.05) is 0 Å². The number of hydrogen-bond donors (Lipinski definition) is 0. The summed E-state index contributed by atoms with van der Waals surface area (Å²) in [5, 5.41) is 0.818. The Bertz CT molecular complexity index is 990. The topological polar surface area (TPSA) is 98.1 Å². The van der Waals surface area contributed by atoms with Gasteiger partial charge in [-0.15, -0.1) is 11.3 Å². The Morgan fingerprint density at radius 3 is 2.37 bits per heavy atom. The van der Waals surface area contributed by atoms with Crippen molar-refractivity contribution in [1.82, 2.24) is 9.32 Å². The van der Waals surface area contributed by atoms with Gasteiger partial charge in [0.2, 0.25) is 5.78 Å². The molecule has 27 heavy (non-hydrogen) atoms. The Morgan fingerprint density at radius 1 is 1.15 bits per heavy atom. The van der Waals surface area contributed by atoms with E-state index in [1.54, 1.807) is 12.1 Å². The summed E-state index contributed by atoms with van der Waals surface area (Å²) < 4.78 is 38.2. The summed E-state index contributed by atoms with van der Waals surface area (Å²) in [6, 6.07) is 6.15. The molecule has 3 aromatic rings. The average molecular weight is 432 g/mol.